The molecule has 1 aliphatic carbocycles. The van der Waals surface area contributed by atoms with Crippen LogP contribution in [0.2, 0.25) is 0 Å². The van der Waals surface area contributed by atoms with E-state index in [2.05, 4.69) is 5.32 Å². The molecule has 1 spiro atoms. The Morgan fingerprint density at radius 3 is 2.69 bits per heavy atom. The molecule has 0 aromatic carbocycles. The molecule has 1 saturated carbocycles. The molecule has 4 heteroatoms. The molecular weight excluding hydrogens is 176 g/mol. The van der Waals surface area contributed by atoms with Crippen molar-refractivity contribution in [1.82, 2.24) is 5.32 Å². The summed E-state index contributed by atoms with van der Waals surface area (Å²) in [5, 5.41) is 12.5. The Labute approximate surface area is 76.3 Å². The van der Waals surface area contributed by atoms with Crippen molar-refractivity contribution < 1.29 is 13.9 Å². The highest BCUT2D eigenvalue weighted by molar-refractivity contribution is 5.09. The molecule has 2 aliphatic rings. The lowest BCUT2D eigenvalue weighted by atomic mass is 9.85. The first-order valence-electron chi connectivity index (χ1n) is 4.84. The molecule has 2 rings (SSSR count). The van der Waals surface area contributed by atoms with E-state index in [9.17, 15) is 13.9 Å². The Morgan fingerprint density at radius 2 is 2.15 bits per heavy atom. The number of hydrogen-bond acceptors (Lipinski definition) is 2. The van der Waals surface area contributed by atoms with E-state index in [0.29, 0.717) is 13.0 Å². The van der Waals surface area contributed by atoms with Crippen molar-refractivity contribution in [3.05, 3.63) is 0 Å². The lowest BCUT2D eigenvalue weighted by Gasteiger charge is -2.35. The molecular formula is C9H15F2NO. The zero-order chi connectivity index (χ0) is 9.47. The average Bonchev–Trinajstić information content (AvgIpc) is 2.78. The summed E-state index contributed by atoms with van der Waals surface area (Å²) in [5.74, 6) is -0.0313. The van der Waals surface area contributed by atoms with Crippen molar-refractivity contribution in [2.75, 3.05) is 6.54 Å². The van der Waals surface area contributed by atoms with Gasteiger partial charge in [0.05, 0.1) is 6.10 Å². The van der Waals surface area contributed by atoms with E-state index in [1.807, 2.05) is 0 Å². The highest BCUT2D eigenvalue weighted by Gasteiger charge is 2.52. The molecule has 2 N–H and O–H groups in total. The Morgan fingerprint density at radius 1 is 1.46 bits per heavy atom. The predicted octanol–water partition coefficient (Wildman–Crippen LogP) is 1.14. The first-order chi connectivity index (χ1) is 6.12. The van der Waals surface area contributed by atoms with E-state index >= 15 is 0 Å². The maximum absolute atomic E-state index is 12.2. The number of rotatable bonds is 2. The Balaban J connectivity index is 1.96. The minimum absolute atomic E-state index is 0.0313. The van der Waals surface area contributed by atoms with Crippen molar-refractivity contribution in [2.45, 2.75) is 43.8 Å². The molecule has 13 heavy (non-hydrogen) atoms. The van der Waals surface area contributed by atoms with Crippen molar-refractivity contribution in [3.8, 4) is 0 Å². The minimum atomic E-state index is -2.24. The van der Waals surface area contributed by atoms with Gasteiger partial charge in [-0.1, -0.05) is 0 Å². The summed E-state index contributed by atoms with van der Waals surface area (Å²) in [4.78, 5) is 0. The van der Waals surface area contributed by atoms with Crippen molar-refractivity contribution in [1.29, 1.82) is 0 Å². The second-order valence-electron chi connectivity index (χ2n) is 4.25. The first-order valence-corrected chi connectivity index (χ1v) is 4.84. The molecule has 1 saturated heterocycles. The highest BCUT2D eigenvalue weighted by Crippen LogP contribution is 2.48. The van der Waals surface area contributed by atoms with Gasteiger partial charge in [-0.2, -0.15) is 0 Å². The number of hydrogen-bond donors (Lipinski definition) is 2. The van der Waals surface area contributed by atoms with Gasteiger partial charge >= 0.3 is 0 Å². The number of aliphatic hydroxyl groups is 1. The monoisotopic (exact) mass is 191 g/mol. The van der Waals surface area contributed by atoms with Gasteiger partial charge in [0.1, 0.15) is 0 Å². The second-order valence-corrected chi connectivity index (χ2v) is 4.25. The van der Waals surface area contributed by atoms with Gasteiger partial charge in [0, 0.05) is 18.5 Å². The third-order valence-electron chi connectivity index (χ3n) is 3.28. The van der Waals surface area contributed by atoms with E-state index in [-0.39, 0.29) is 17.9 Å². The molecule has 2 nitrogen and oxygen atoms in total. The van der Waals surface area contributed by atoms with Crippen LogP contribution >= 0.6 is 0 Å². The number of alkyl halides is 2. The second kappa shape index (κ2) is 3.17. The predicted molar refractivity (Wildman–Crippen MR) is 44.7 cm³/mol. The maximum Gasteiger partial charge on any atom is 0.239 e. The van der Waals surface area contributed by atoms with E-state index in [0.717, 1.165) is 12.8 Å². The molecule has 76 valence electrons. The summed E-state index contributed by atoms with van der Waals surface area (Å²) < 4.78 is 24.4. The van der Waals surface area contributed by atoms with Crippen LogP contribution in [0, 0.1) is 5.92 Å². The van der Waals surface area contributed by atoms with Gasteiger partial charge in [-0.15, -0.1) is 0 Å². The van der Waals surface area contributed by atoms with Crippen molar-refractivity contribution >= 4 is 0 Å². The molecule has 0 radical (unpaired) electrons. The summed E-state index contributed by atoms with van der Waals surface area (Å²) in [6.07, 6.45) is -0.208. The topological polar surface area (TPSA) is 32.3 Å². The Kier molecular flexibility index (Phi) is 2.28. The lowest BCUT2D eigenvalue weighted by molar-refractivity contribution is 0.0401. The molecule has 0 aromatic heterocycles. The summed E-state index contributed by atoms with van der Waals surface area (Å²) in [6, 6.07) is 0. The molecule has 1 heterocycles. The smallest absolute Gasteiger partial charge is 0.239 e. The quantitative estimate of drug-likeness (QED) is 0.686. The maximum atomic E-state index is 12.2. The van der Waals surface area contributed by atoms with Crippen LogP contribution in [-0.4, -0.2) is 29.7 Å². The standard InChI is InChI=1S/C9H15F2NO/c10-8(11)4-6-3-7(13)5-12-9(6)1-2-9/h6-8,12-13H,1-5H2. The van der Waals surface area contributed by atoms with Crippen LogP contribution in [0.3, 0.4) is 0 Å². The fourth-order valence-electron chi connectivity index (χ4n) is 2.36. The molecule has 2 fully saturated rings. The largest absolute Gasteiger partial charge is 0.392 e. The van der Waals surface area contributed by atoms with Crippen molar-refractivity contribution in [2.24, 2.45) is 5.92 Å². The lowest BCUT2D eigenvalue weighted by Crippen LogP contribution is -2.50. The normalized spacial score (nSPS) is 36.9. The number of nitrogens with one attached hydrogen (secondary N) is 1. The van der Waals surface area contributed by atoms with Crippen molar-refractivity contribution in [3.63, 3.8) is 0 Å². The number of aliphatic hydroxyl groups excluding tert-OH is 1. The van der Waals surface area contributed by atoms with Gasteiger partial charge in [-0.25, -0.2) is 8.78 Å². The number of piperidine rings is 1. The van der Waals surface area contributed by atoms with Gasteiger partial charge in [-0.3, -0.25) is 0 Å². The number of halogens is 2. The van der Waals surface area contributed by atoms with Crippen LogP contribution in [0.25, 0.3) is 0 Å². The first kappa shape index (κ1) is 9.34. The third-order valence-corrected chi connectivity index (χ3v) is 3.28. The van der Waals surface area contributed by atoms with E-state index in [1.54, 1.807) is 0 Å². The average molecular weight is 191 g/mol. The van der Waals surface area contributed by atoms with Crippen LogP contribution < -0.4 is 5.32 Å². The van der Waals surface area contributed by atoms with Crippen LogP contribution in [0.1, 0.15) is 25.7 Å². The van der Waals surface area contributed by atoms with E-state index in [1.165, 1.54) is 0 Å². The fourth-order valence-corrected chi connectivity index (χ4v) is 2.36. The molecule has 0 aromatic rings. The summed E-state index contributed by atoms with van der Waals surface area (Å²) >= 11 is 0. The van der Waals surface area contributed by atoms with Gasteiger partial charge in [0.15, 0.2) is 0 Å². The third kappa shape index (κ3) is 1.83. The molecule has 2 atom stereocenters. The van der Waals surface area contributed by atoms with Gasteiger partial charge in [-0.05, 0) is 25.2 Å². The van der Waals surface area contributed by atoms with Crippen LogP contribution in [-0.2, 0) is 0 Å². The minimum Gasteiger partial charge on any atom is -0.392 e. The van der Waals surface area contributed by atoms with E-state index < -0.39 is 12.5 Å². The molecule has 0 amide bonds. The zero-order valence-corrected chi connectivity index (χ0v) is 7.47. The van der Waals surface area contributed by atoms with Crippen LogP contribution in [0.4, 0.5) is 8.78 Å². The summed E-state index contributed by atoms with van der Waals surface area (Å²) in [7, 11) is 0. The highest BCUT2D eigenvalue weighted by atomic mass is 19.3. The summed E-state index contributed by atoms with van der Waals surface area (Å²) in [6.45, 7) is 0.569. The molecule has 2 unspecified atom stereocenters. The zero-order valence-electron chi connectivity index (χ0n) is 7.47. The van der Waals surface area contributed by atoms with Gasteiger partial charge < -0.3 is 10.4 Å². The van der Waals surface area contributed by atoms with Crippen LogP contribution in [0.5, 0.6) is 0 Å². The fraction of sp³-hybridized carbons (Fsp3) is 1.00. The molecule has 1 aliphatic heterocycles. The number of β-amino-alcohol motifs (C(OH)–C–C–N with tert-alkyl or cyclic N) is 1. The van der Waals surface area contributed by atoms with Crippen LogP contribution in [0.15, 0.2) is 0 Å². The van der Waals surface area contributed by atoms with Gasteiger partial charge in [0.2, 0.25) is 6.43 Å². The molecule has 0 bridgehead atoms. The van der Waals surface area contributed by atoms with Gasteiger partial charge in [0.25, 0.3) is 0 Å². The Bertz CT molecular complexity index is 192. The summed E-state index contributed by atoms with van der Waals surface area (Å²) in [5.41, 5.74) is -0.0321. The Hall–Kier alpha value is -0.220. The van der Waals surface area contributed by atoms with E-state index in [4.69, 9.17) is 0 Å². The SMILES string of the molecule is OC1CNC2(CC2)C(CC(F)F)C1.